The number of benzene rings is 2. The molecule has 7 nitrogen and oxygen atoms in total. The third kappa shape index (κ3) is 3.35. The SMILES string of the molecule is CCCOC(=O)c1c(N)n(Cc2ccccc2OC)c2nc3ccccc3nc12. The number of methoxy groups -OCH3 is 1. The Kier molecular flexibility index (Phi) is 5.03. The lowest BCUT2D eigenvalue weighted by molar-refractivity contribution is 0.0508. The summed E-state index contributed by atoms with van der Waals surface area (Å²) in [5.74, 6) is 0.526. The number of ether oxygens (including phenoxy) is 2. The van der Waals surface area contributed by atoms with Crippen molar-refractivity contribution in [3.05, 3.63) is 59.7 Å². The lowest BCUT2D eigenvalue weighted by Gasteiger charge is -2.11. The van der Waals surface area contributed by atoms with Gasteiger partial charge in [0.1, 0.15) is 22.6 Å². The zero-order chi connectivity index (χ0) is 20.4. The predicted octanol–water partition coefficient (Wildman–Crippen LogP) is 3.79. The van der Waals surface area contributed by atoms with Crippen LogP contribution in [0.5, 0.6) is 5.75 Å². The molecule has 2 N–H and O–H groups in total. The minimum Gasteiger partial charge on any atom is -0.496 e. The number of para-hydroxylation sites is 3. The maximum atomic E-state index is 12.8. The van der Waals surface area contributed by atoms with E-state index in [2.05, 4.69) is 4.98 Å². The van der Waals surface area contributed by atoms with E-state index in [1.807, 2.05) is 55.5 Å². The van der Waals surface area contributed by atoms with Gasteiger partial charge in [0.2, 0.25) is 0 Å². The number of aromatic nitrogens is 3. The molecular formula is C22H22N4O3. The highest BCUT2D eigenvalue weighted by atomic mass is 16.5. The number of hydrogen-bond donors (Lipinski definition) is 1. The van der Waals surface area contributed by atoms with Crippen LogP contribution in [0.1, 0.15) is 29.3 Å². The summed E-state index contributed by atoms with van der Waals surface area (Å²) in [6.45, 7) is 2.65. The Hall–Kier alpha value is -3.61. The number of fused-ring (bicyclic) bond motifs is 2. The molecule has 0 amide bonds. The lowest BCUT2D eigenvalue weighted by Crippen LogP contribution is -2.11. The molecule has 0 fully saturated rings. The zero-order valence-corrected chi connectivity index (χ0v) is 16.4. The van der Waals surface area contributed by atoms with E-state index in [1.165, 1.54) is 0 Å². The molecule has 2 aromatic heterocycles. The van der Waals surface area contributed by atoms with E-state index in [9.17, 15) is 4.79 Å². The number of carbonyl (C=O) groups is 1. The average Bonchev–Trinajstić information content (AvgIpc) is 3.01. The number of nitrogen functional groups attached to an aromatic ring is 1. The van der Waals surface area contributed by atoms with Gasteiger partial charge >= 0.3 is 5.97 Å². The van der Waals surface area contributed by atoms with Gasteiger partial charge in [-0.15, -0.1) is 0 Å². The average molecular weight is 390 g/mol. The number of esters is 1. The Morgan fingerprint density at radius 1 is 1.07 bits per heavy atom. The molecule has 29 heavy (non-hydrogen) atoms. The lowest BCUT2D eigenvalue weighted by atomic mass is 10.2. The number of nitrogens with two attached hydrogens (primary N) is 1. The van der Waals surface area contributed by atoms with Crippen LogP contribution in [-0.4, -0.2) is 34.2 Å². The second-order valence-electron chi connectivity index (χ2n) is 6.68. The Balaban J connectivity index is 1.94. The molecule has 0 atom stereocenters. The standard InChI is InChI=1S/C22H22N4O3/c1-3-12-29-22(27)18-19-21(25-16-10-6-5-9-15(16)24-19)26(20(18)23)13-14-8-4-7-11-17(14)28-2/h4-11H,3,12-13,23H2,1-2H3. The smallest absolute Gasteiger partial charge is 0.344 e. The third-order valence-electron chi connectivity index (χ3n) is 4.75. The van der Waals surface area contributed by atoms with Crippen LogP contribution < -0.4 is 10.5 Å². The second-order valence-corrected chi connectivity index (χ2v) is 6.68. The molecule has 2 aromatic carbocycles. The fourth-order valence-corrected chi connectivity index (χ4v) is 3.35. The van der Waals surface area contributed by atoms with Gasteiger partial charge in [-0.05, 0) is 24.6 Å². The van der Waals surface area contributed by atoms with E-state index < -0.39 is 5.97 Å². The molecule has 0 radical (unpaired) electrons. The van der Waals surface area contributed by atoms with Crippen molar-refractivity contribution < 1.29 is 14.3 Å². The van der Waals surface area contributed by atoms with Crippen molar-refractivity contribution in [3.63, 3.8) is 0 Å². The Morgan fingerprint density at radius 3 is 2.48 bits per heavy atom. The molecule has 2 heterocycles. The number of hydrogen-bond acceptors (Lipinski definition) is 6. The quantitative estimate of drug-likeness (QED) is 0.504. The van der Waals surface area contributed by atoms with Gasteiger partial charge < -0.3 is 19.8 Å². The third-order valence-corrected chi connectivity index (χ3v) is 4.75. The highest BCUT2D eigenvalue weighted by Gasteiger charge is 2.25. The zero-order valence-electron chi connectivity index (χ0n) is 16.4. The maximum Gasteiger partial charge on any atom is 0.344 e. The summed E-state index contributed by atoms with van der Waals surface area (Å²) in [5, 5.41) is 0. The second kappa shape index (κ2) is 7.79. The van der Waals surface area contributed by atoms with Crippen LogP contribution in [-0.2, 0) is 11.3 Å². The van der Waals surface area contributed by atoms with E-state index in [1.54, 1.807) is 11.7 Å². The molecule has 148 valence electrons. The molecule has 0 aliphatic heterocycles. The van der Waals surface area contributed by atoms with Gasteiger partial charge in [0.05, 0.1) is 31.3 Å². The summed E-state index contributed by atoms with van der Waals surface area (Å²) >= 11 is 0. The molecule has 4 rings (SSSR count). The molecule has 0 saturated carbocycles. The number of carbonyl (C=O) groups excluding carboxylic acids is 1. The first-order valence-electron chi connectivity index (χ1n) is 9.47. The summed E-state index contributed by atoms with van der Waals surface area (Å²) in [6.07, 6.45) is 0.722. The highest BCUT2D eigenvalue weighted by molar-refractivity contribution is 6.08. The van der Waals surface area contributed by atoms with Gasteiger partial charge in [-0.3, -0.25) is 0 Å². The summed E-state index contributed by atoms with van der Waals surface area (Å²) < 4.78 is 12.6. The van der Waals surface area contributed by atoms with Gasteiger partial charge in [0.25, 0.3) is 0 Å². The van der Waals surface area contributed by atoms with Crippen molar-refractivity contribution in [1.29, 1.82) is 0 Å². The van der Waals surface area contributed by atoms with Crippen molar-refractivity contribution >= 4 is 34.0 Å². The van der Waals surface area contributed by atoms with Gasteiger partial charge in [0.15, 0.2) is 5.65 Å². The molecular weight excluding hydrogens is 368 g/mol. The molecule has 7 heteroatoms. The first-order valence-corrected chi connectivity index (χ1v) is 9.47. The van der Waals surface area contributed by atoms with Gasteiger partial charge in [-0.25, -0.2) is 14.8 Å². The molecule has 0 aliphatic rings. The topological polar surface area (TPSA) is 92.3 Å². The summed E-state index contributed by atoms with van der Waals surface area (Å²) in [7, 11) is 1.62. The van der Waals surface area contributed by atoms with Gasteiger partial charge in [-0.2, -0.15) is 0 Å². The van der Waals surface area contributed by atoms with Crippen LogP contribution in [0.4, 0.5) is 5.82 Å². The molecule has 0 unspecified atom stereocenters. The van der Waals surface area contributed by atoms with E-state index in [0.29, 0.717) is 29.8 Å². The first-order chi connectivity index (χ1) is 14.1. The summed E-state index contributed by atoms with van der Waals surface area (Å²) in [4.78, 5) is 22.2. The van der Waals surface area contributed by atoms with Crippen LogP contribution in [0.25, 0.3) is 22.2 Å². The van der Waals surface area contributed by atoms with Crippen LogP contribution >= 0.6 is 0 Å². The Labute approximate surface area is 168 Å². The van der Waals surface area contributed by atoms with Crippen molar-refractivity contribution in [2.45, 2.75) is 19.9 Å². The van der Waals surface area contributed by atoms with Crippen LogP contribution in [0.2, 0.25) is 0 Å². The fourth-order valence-electron chi connectivity index (χ4n) is 3.35. The van der Waals surface area contributed by atoms with Crippen LogP contribution in [0, 0.1) is 0 Å². The molecule has 4 aromatic rings. The Morgan fingerprint density at radius 2 is 1.76 bits per heavy atom. The van der Waals surface area contributed by atoms with Crippen LogP contribution in [0.3, 0.4) is 0 Å². The summed E-state index contributed by atoms with van der Waals surface area (Å²) in [5.41, 5.74) is 10.0. The van der Waals surface area contributed by atoms with Crippen molar-refractivity contribution in [1.82, 2.24) is 14.5 Å². The molecule has 0 saturated heterocycles. The Bertz CT molecular complexity index is 1200. The largest absolute Gasteiger partial charge is 0.496 e. The van der Waals surface area contributed by atoms with E-state index >= 15 is 0 Å². The van der Waals surface area contributed by atoms with E-state index in [4.69, 9.17) is 20.2 Å². The minimum atomic E-state index is -0.488. The number of rotatable bonds is 6. The highest BCUT2D eigenvalue weighted by Crippen LogP contribution is 2.30. The fraction of sp³-hybridized carbons (Fsp3) is 0.227. The minimum absolute atomic E-state index is 0.251. The number of nitrogens with zero attached hydrogens (tertiary/aromatic N) is 3. The predicted molar refractivity (Wildman–Crippen MR) is 112 cm³/mol. The first kappa shape index (κ1) is 18.7. The van der Waals surface area contributed by atoms with Gasteiger partial charge in [-0.1, -0.05) is 37.3 Å². The monoisotopic (exact) mass is 390 g/mol. The normalized spacial score (nSPS) is 11.1. The molecule has 0 bridgehead atoms. The molecule has 0 spiro atoms. The number of anilines is 1. The van der Waals surface area contributed by atoms with Crippen LogP contribution in [0.15, 0.2) is 48.5 Å². The van der Waals surface area contributed by atoms with Crippen molar-refractivity contribution in [3.8, 4) is 5.75 Å². The summed E-state index contributed by atoms with van der Waals surface area (Å²) in [6, 6.07) is 15.2. The van der Waals surface area contributed by atoms with Crippen molar-refractivity contribution in [2.75, 3.05) is 19.5 Å². The maximum absolute atomic E-state index is 12.8. The van der Waals surface area contributed by atoms with Crippen molar-refractivity contribution in [2.24, 2.45) is 0 Å². The van der Waals surface area contributed by atoms with E-state index in [-0.39, 0.29) is 11.4 Å². The van der Waals surface area contributed by atoms with E-state index in [0.717, 1.165) is 23.3 Å². The van der Waals surface area contributed by atoms with Gasteiger partial charge in [0, 0.05) is 5.56 Å². The molecule has 0 aliphatic carbocycles.